The van der Waals surface area contributed by atoms with Crippen molar-refractivity contribution in [3.8, 4) is 0 Å². The molecule has 102 heavy (non-hydrogen) atoms. The lowest BCUT2D eigenvalue weighted by molar-refractivity contribution is -0.778. The molecule has 0 spiro atoms. The van der Waals surface area contributed by atoms with Gasteiger partial charge in [0.15, 0.2) is 14.5 Å². The van der Waals surface area contributed by atoms with Gasteiger partial charge in [-0.1, -0.05) is 182 Å². The van der Waals surface area contributed by atoms with Gasteiger partial charge >= 0.3 is 0 Å². The molecule has 2 aliphatic rings. The molecule has 2 saturated carbocycles. The summed E-state index contributed by atoms with van der Waals surface area (Å²) in [5.74, 6) is 0. The summed E-state index contributed by atoms with van der Waals surface area (Å²) in [5.41, 5.74) is 0. The SMILES string of the molecule is CC1([P+](c2ccccc2)(c2ccccc2)c2ccccc2)CC([P+](c2ccccc2)(c2ccccc2)c2ccccc2)([P+](c2ccccc2)(c2ccccc2)c2ccc([P+](C)(c3ccccc3)c3ccccc3)cc2)C1.CC[P+](CC)(CC)C1(C)CC([n+]2cc[n+](C)cc2)([P+](CC)(CC)CC)C1. The van der Waals surface area contributed by atoms with Crippen LogP contribution in [0.25, 0.3) is 0 Å². The van der Waals surface area contributed by atoms with Gasteiger partial charge in [0.1, 0.15) is 90.4 Å². The maximum atomic E-state index is 2.71. The topological polar surface area (TPSA) is 7.76 Å². The summed E-state index contributed by atoms with van der Waals surface area (Å²) in [6.07, 6.45) is 22.5. The van der Waals surface area contributed by atoms with E-state index in [9.17, 15) is 0 Å². The predicted octanol–water partition coefficient (Wildman–Crippen LogP) is 18.3. The van der Waals surface area contributed by atoms with Crippen molar-refractivity contribution in [2.75, 3.05) is 43.6 Å². The van der Waals surface area contributed by atoms with E-state index in [1.807, 2.05) is 0 Å². The molecule has 0 atom stereocenters. The lowest BCUT2D eigenvalue weighted by Crippen LogP contribution is -2.71. The zero-order chi connectivity index (χ0) is 71.2. The van der Waals surface area contributed by atoms with Crippen LogP contribution in [0.1, 0.15) is 81.1 Å². The van der Waals surface area contributed by atoms with E-state index >= 15 is 0 Å². The maximum absolute atomic E-state index is 2.87. The van der Waals surface area contributed by atoms with Crippen molar-refractivity contribution >= 4 is 107 Å². The van der Waals surface area contributed by atoms with E-state index < -0.39 is 43.6 Å². The number of rotatable bonds is 24. The van der Waals surface area contributed by atoms with Gasteiger partial charge < -0.3 is 0 Å². The van der Waals surface area contributed by atoms with Crippen molar-refractivity contribution in [2.24, 2.45) is 7.05 Å². The predicted molar refractivity (Wildman–Crippen MR) is 461 cm³/mol. The second kappa shape index (κ2) is 30.6. The van der Waals surface area contributed by atoms with Gasteiger partial charge in [0.25, 0.3) is 5.28 Å². The van der Waals surface area contributed by atoms with E-state index in [1.165, 1.54) is 113 Å². The number of aromatic nitrogens is 2. The Balaban J connectivity index is 0.000000301. The first-order valence-corrected chi connectivity index (χ1v) is 49.8. The van der Waals surface area contributed by atoms with Gasteiger partial charge in [-0.25, -0.2) is 0 Å². The van der Waals surface area contributed by atoms with E-state index in [4.69, 9.17) is 0 Å². The monoisotopic (exact) mass is 1450 g/mol. The van der Waals surface area contributed by atoms with Gasteiger partial charge in [0.05, 0.1) is 81.7 Å². The molecule has 0 saturated heterocycles. The Morgan fingerprint density at radius 1 is 0.255 bits per heavy atom. The van der Waals surface area contributed by atoms with Crippen molar-refractivity contribution in [2.45, 2.75) is 102 Å². The minimum Gasteiger partial charge on any atom is -0.197 e. The summed E-state index contributed by atoms with van der Waals surface area (Å²) >= 11 is 0. The molecule has 2 nitrogen and oxygen atoms in total. The fourth-order valence-electron chi connectivity index (χ4n) is 20.3. The normalized spacial score (nSPS) is 19.3. The van der Waals surface area contributed by atoms with E-state index in [1.54, 1.807) is 0 Å². The van der Waals surface area contributed by atoms with Crippen molar-refractivity contribution in [3.63, 3.8) is 0 Å². The zero-order valence-corrected chi connectivity index (χ0v) is 67.5. The van der Waals surface area contributed by atoms with Crippen molar-refractivity contribution in [3.05, 3.63) is 352 Å². The summed E-state index contributed by atoms with van der Waals surface area (Å²) < 4.78 is 4.84. The number of hydrogen-bond donors (Lipinski definition) is 0. The Kier molecular flexibility index (Phi) is 22.1. The first kappa shape index (κ1) is 73.4. The second-order valence-corrected chi connectivity index (χ2v) is 55.1. The summed E-state index contributed by atoms with van der Waals surface area (Å²) in [4.78, 5) is -0.385. The number of benzene rings is 11. The fourth-order valence-corrected chi connectivity index (χ4v) is 54.4. The average molecular weight is 1450 g/mol. The number of aryl methyl sites for hydroxylation is 1. The third-order valence-electron chi connectivity index (χ3n) is 25.2. The van der Waals surface area contributed by atoms with Gasteiger partial charge in [-0.3, -0.25) is 0 Å². The fraction of sp³-hybridized carbons (Fsp3) is 0.255. The molecule has 14 rings (SSSR count). The van der Waals surface area contributed by atoms with Crippen LogP contribution in [-0.4, -0.2) is 58.8 Å². The van der Waals surface area contributed by atoms with Crippen LogP contribution in [0, 0.1) is 0 Å². The Labute approximate surface area is 616 Å². The number of hydrogen-bond acceptors (Lipinski definition) is 0. The quantitative estimate of drug-likeness (QED) is 0.0421. The Morgan fingerprint density at radius 3 is 0.725 bits per heavy atom. The van der Waals surface area contributed by atoms with E-state index in [0.29, 0.717) is 10.4 Å². The first-order chi connectivity index (χ1) is 49.7. The molecule has 2 aliphatic carbocycles. The van der Waals surface area contributed by atoms with Crippen LogP contribution in [-0.2, 0) is 12.3 Å². The molecule has 0 amide bonds. The van der Waals surface area contributed by atoms with Crippen molar-refractivity contribution < 1.29 is 9.13 Å². The van der Waals surface area contributed by atoms with E-state index in [0.717, 1.165) is 12.8 Å². The van der Waals surface area contributed by atoms with E-state index in [-0.39, 0.29) is 10.1 Å². The van der Waals surface area contributed by atoms with Crippen LogP contribution in [0.2, 0.25) is 0 Å². The van der Waals surface area contributed by atoms with Crippen LogP contribution in [0.15, 0.2) is 352 Å². The van der Waals surface area contributed by atoms with Crippen LogP contribution in [0.4, 0.5) is 0 Å². The van der Waals surface area contributed by atoms with Gasteiger partial charge in [-0.2, -0.15) is 9.13 Å². The zero-order valence-electron chi connectivity index (χ0n) is 62.1. The Hall–Kier alpha value is -6.92. The third kappa shape index (κ3) is 11.8. The van der Waals surface area contributed by atoms with Crippen molar-refractivity contribution in [1.29, 1.82) is 0 Å². The van der Waals surface area contributed by atoms with Gasteiger partial charge in [0.2, 0.25) is 29.7 Å². The summed E-state index contributed by atoms with van der Waals surface area (Å²) in [7, 11) is -9.99. The smallest absolute Gasteiger partial charge is 0.197 e. The molecule has 1 aromatic heterocycles. The molecule has 8 heteroatoms. The summed E-state index contributed by atoms with van der Waals surface area (Å²) in [6, 6.07) is 127. The Bertz CT molecular complexity index is 4320. The third-order valence-corrected chi connectivity index (χ3v) is 57.9. The lowest BCUT2D eigenvalue weighted by atomic mass is 9.79. The van der Waals surface area contributed by atoms with Crippen LogP contribution in [0.3, 0.4) is 0 Å². The molecule has 12 aromatic rings. The van der Waals surface area contributed by atoms with Crippen LogP contribution < -0.4 is 72.8 Å². The molecule has 0 radical (unpaired) electrons. The van der Waals surface area contributed by atoms with Gasteiger partial charge in [-0.15, -0.1) is 0 Å². The molecule has 0 bridgehead atoms. The lowest BCUT2D eigenvalue weighted by Gasteiger charge is -2.62. The molecule has 0 N–H and O–H groups in total. The molecule has 1 heterocycles. The highest BCUT2D eigenvalue weighted by molar-refractivity contribution is 8.12. The second-order valence-electron chi connectivity index (χ2n) is 29.4. The summed E-state index contributed by atoms with van der Waals surface area (Å²) in [5, 5.41) is 17.8. The highest BCUT2D eigenvalue weighted by Crippen LogP contribution is 2.95. The number of nitrogens with zero attached hydrogens (tertiary/aromatic N) is 2. The maximum Gasteiger partial charge on any atom is 0.273 e. The first-order valence-electron chi connectivity index (χ1n) is 37.5. The molecular weight excluding hydrogens is 1340 g/mol. The Morgan fingerprint density at radius 2 is 0.471 bits per heavy atom. The van der Waals surface area contributed by atoms with Crippen LogP contribution in [0.5, 0.6) is 0 Å². The molecule has 516 valence electrons. The van der Waals surface area contributed by atoms with Gasteiger partial charge in [-0.05, 0) is 201 Å². The standard InChI is InChI=1S/C72H64P4.C22H44N2P2/c1-71(74(62-37-17-5-18-38-62,63-39-19-6-20-40-63)64-41-21-7-22-42-64)57-72(58-71,75(65-43-23-8-24-44-65,66-45-25-9-26-46-66)67-47-27-10-28-48-67)76(68-49-29-11-30-50-68,69-51-31-12-32-52-69)70-55-53-61(54-56-70)73(2,59-33-13-3-14-34-59)60-35-15-4-16-36-60;1-9-25(10-2,11-3)21(7)19-22(20-21,26(12-4,13-5)14-6)24-17-15-23(8)16-18-24/h3-56H,57-58H2,1-2H3;15-18H,9-14,19-20H2,1-8H3/q2*+4. The molecule has 0 aliphatic heterocycles. The highest BCUT2D eigenvalue weighted by Gasteiger charge is 2.90. The van der Waals surface area contributed by atoms with Gasteiger partial charge in [0, 0.05) is 7.26 Å². The molecule has 2 fully saturated rings. The molecule has 11 aromatic carbocycles. The van der Waals surface area contributed by atoms with Crippen LogP contribution >= 0.6 is 43.6 Å². The molecule has 0 unspecified atom stereocenters. The minimum absolute atomic E-state index is 0.222. The van der Waals surface area contributed by atoms with Crippen molar-refractivity contribution in [1.82, 2.24) is 0 Å². The largest absolute Gasteiger partial charge is 0.273 e. The molecular formula is C94H108N2P6+8. The summed E-state index contributed by atoms with van der Waals surface area (Å²) in [6.45, 7) is 22.8. The van der Waals surface area contributed by atoms with E-state index in [2.05, 4.69) is 431 Å². The minimum atomic E-state index is -2.87. The average Bonchev–Trinajstić information content (AvgIpc) is 0.651. The highest BCUT2D eigenvalue weighted by atomic mass is 31.2.